The van der Waals surface area contributed by atoms with Gasteiger partial charge in [0.1, 0.15) is 13.1 Å². The van der Waals surface area contributed by atoms with Crippen LogP contribution in [0.25, 0.3) is 6.08 Å². The zero-order valence-electron chi connectivity index (χ0n) is 13.4. The molecule has 3 rings (SSSR count). The first-order valence-electron chi connectivity index (χ1n) is 8.41. The lowest BCUT2D eigenvalue weighted by molar-refractivity contribution is -0.957. The Morgan fingerprint density at radius 3 is 2.23 bits per heavy atom. The lowest BCUT2D eigenvalue weighted by Gasteiger charge is -2.42. The SMILES string of the molecule is C=Cc1ccccc1C[N+]1(Cc2ccccc2)CCCCC1. The Kier molecular flexibility index (Phi) is 4.74. The molecule has 0 spiro atoms. The summed E-state index contributed by atoms with van der Waals surface area (Å²) in [5.41, 5.74) is 4.19. The van der Waals surface area contributed by atoms with E-state index in [1.54, 1.807) is 0 Å². The standard InChI is InChI=1S/C21H26N/c1-2-20-13-7-8-14-21(20)18-22(15-9-4-10-16-22)17-19-11-5-3-6-12-19/h2-3,5-8,11-14H,1,4,9-10,15-18H2/q+1. The van der Waals surface area contributed by atoms with Crippen molar-refractivity contribution in [3.63, 3.8) is 0 Å². The molecule has 0 bridgehead atoms. The van der Waals surface area contributed by atoms with Gasteiger partial charge in [-0.25, -0.2) is 0 Å². The van der Waals surface area contributed by atoms with Crippen molar-refractivity contribution < 1.29 is 4.48 Å². The summed E-state index contributed by atoms with van der Waals surface area (Å²) in [6.45, 7) is 8.84. The zero-order valence-corrected chi connectivity index (χ0v) is 13.4. The predicted molar refractivity (Wildman–Crippen MR) is 94.2 cm³/mol. The van der Waals surface area contributed by atoms with E-state index >= 15 is 0 Å². The Hall–Kier alpha value is -1.86. The first-order valence-corrected chi connectivity index (χ1v) is 8.41. The number of benzene rings is 2. The van der Waals surface area contributed by atoms with Crippen molar-refractivity contribution in [2.45, 2.75) is 32.4 Å². The Morgan fingerprint density at radius 1 is 0.818 bits per heavy atom. The van der Waals surface area contributed by atoms with Crippen LogP contribution in [0.5, 0.6) is 0 Å². The molecule has 1 aliphatic rings. The van der Waals surface area contributed by atoms with E-state index in [0.717, 1.165) is 13.1 Å². The molecular weight excluding hydrogens is 266 g/mol. The third kappa shape index (κ3) is 3.48. The van der Waals surface area contributed by atoms with E-state index in [-0.39, 0.29) is 0 Å². The minimum Gasteiger partial charge on any atom is -0.316 e. The Labute approximate surface area is 134 Å². The Bertz CT molecular complexity index is 609. The lowest BCUT2D eigenvalue weighted by Crippen LogP contribution is -2.50. The molecule has 0 radical (unpaired) electrons. The number of rotatable bonds is 5. The van der Waals surface area contributed by atoms with Gasteiger partial charge in [0.2, 0.25) is 0 Å². The average Bonchev–Trinajstić information content (AvgIpc) is 2.57. The van der Waals surface area contributed by atoms with Crippen LogP contribution in [0.15, 0.2) is 61.2 Å². The van der Waals surface area contributed by atoms with E-state index in [2.05, 4.69) is 61.2 Å². The second kappa shape index (κ2) is 6.93. The van der Waals surface area contributed by atoms with Gasteiger partial charge in [0.25, 0.3) is 0 Å². The summed E-state index contributed by atoms with van der Waals surface area (Å²) >= 11 is 0. The topological polar surface area (TPSA) is 0 Å². The highest BCUT2D eigenvalue weighted by molar-refractivity contribution is 5.51. The van der Waals surface area contributed by atoms with Gasteiger partial charge in [-0.2, -0.15) is 0 Å². The maximum Gasteiger partial charge on any atom is 0.105 e. The van der Waals surface area contributed by atoms with Crippen LogP contribution in [0, 0.1) is 0 Å². The first-order chi connectivity index (χ1) is 10.8. The van der Waals surface area contributed by atoms with Gasteiger partial charge in [0, 0.05) is 11.1 Å². The van der Waals surface area contributed by atoms with Gasteiger partial charge in [0.15, 0.2) is 0 Å². The van der Waals surface area contributed by atoms with Crippen molar-refractivity contribution in [3.05, 3.63) is 77.9 Å². The van der Waals surface area contributed by atoms with E-state index in [1.807, 2.05) is 6.08 Å². The second-order valence-electron chi connectivity index (χ2n) is 6.55. The zero-order chi connectivity index (χ0) is 15.3. The number of hydrogen-bond acceptors (Lipinski definition) is 0. The second-order valence-corrected chi connectivity index (χ2v) is 6.55. The van der Waals surface area contributed by atoms with E-state index in [4.69, 9.17) is 0 Å². The van der Waals surface area contributed by atoms with Crippen molar-refractivity contribution in [2.75, 3.05) is 13.1 Å². The highest BCUT2D eigenvalue weighted by atomic mass is 15.4. The molecule has 0 amide bonds. The summed E-state index contributed by atoms with van der Waals surface area (Å²) in [7, 11) is 0. The normalized spacial score (nSPS) is 17.1. The van der Waals surface area contributed by atoms with E-state index < -0.39 is 0 Å². The van der Waals surface area contributed by atoms with Gasteiger partial charge in [-0.1, -0.05) is 67.3 Å². The van der Waals surface area contributed by atoms with Gasteiger partial charge in [-0.3, -0.25) is 0 Å². The minimum absolute atomic E-state index is 1.12. The molecule has 114 valence electrons. The van der Waals surface area contributed by atoms with Crippen LogP contribution in [-0.4, -0.2) is 17.6 Å². The van der Waals surface area contributed by atoms with Crippen molar-refractivity contribution in [1.82, 2.24) is 0 Å². The molecule has 0 atom stereocenters. The van der Waals surface area contributed by atoms with Gasteiger partial charge >= 0.3 is 0 Å². The molecule has 0 N–H and O–H groups in total. The minimum atomic E-state index is 1.12. The van der Waals surface area contributed by atoms with Gasteiger partial charge in [0.05, 0.1) is 13.1 Å². The predicted octanol–water partition coefficient (Wildman–Crippen LogP) is 5.03. The third-order valence-electron chi connectivity index (χ3n) is 4.91. The molecule has 2 aromatic carbocycles. The molecule has 0 saturated carbocycles. The van der Waals surface area contributed by atoms with Crippen molar-refractivity contribution in [1.29, 1.82) is 0 Å². The summed E-state index contributed by atoms with van der Waals surface area (Å²) in [6.07, 6.45) is 6.09. The number of hydrogen-bond donors (Lipinski definition) is 0. The molecule has 1 heterocycles. The first kappa shape index (κ1) is 15.1. The van der Waals surface area contributed by atoms with Crippen LogP contribution in [0.2, 0.25) is 0 Å². The van der Waals surface area contributed by atoms with Crippen LogP contribution in [0.3, 0.4) is 0 Å². The summed E-state index contributed by atoms with van der Waals surface area (Å²) in [5.74, 6) is 0. The van der Waals surface area contributed by atoms with E-state index in [0.29, 0.717) is 0 Å². The average molecular weight is 292 g/mol. The highest BCUT2D eigenvalue weighted by Crippen LogP contribution is 2.27. The van der Waals surface area contributed by atoms with Crippen LogP contribution in [0.1, 0.15) is 36.0 Å². The Balaban J connectivity index is 1.87. The fraction of sp³-hybridized carbons (Fsp3) is 0.333. The summed E-state index contributed by atoms with van der Waals surface area (Å²) < 4.78 is 1.19. The monoisotopic (exact) mass is 292 g/mol. The molecule has 22 heavy (non-hydrogen) atoms. The van der Waals surface area contributed by atoms with Crippen molar-refractivity contribution in [2.24, 2.45) is 0 Å². The number of likely N-dealkylation sites (tertiary alicyclic amines) is 1. The number of quaternary nitrogens is 1. The van der Waals surface area contributed by atoms with Crippen molar-refractivity contribution >= 4 is 6.08 Å². The Morgan fingerprint density at radius 2 is 1.50 bits per heavy atom. The van der Waals surface area contributed by atoms with Gasteiger partial charge in [-0.15, -0.1) is 0 Å². The third-order valence-corrected chi connectivity index (χ3v) is 4.91. The molecular formula is C21H26N+. The largest absolute Gasteiger partial charge is 0.316 e. The van der Waals surface area contributed by atoms with E-state index in [1.165, 1.54) is 53.5 Å². The summed E-state index contributed by atoms with van der Waals surface area (Å²) in [5, 5.41) is 0. The molecule has 1 fully saturated rings. The maximum absolute atomic E-state index is 3.98. The van der Waals surface area contributed by atoms with Crippen LogP contribution in [-0.2, 0) is 13.1 Å². The number of nitrogens with zero attached hydrogens (tertiary/aromatic N) is 1. The number of piperidine rings is 1. The quantitative estimate of drug-likeness (QED) is 0.678. The van der Waals surface area contributed by atoms with Crippen LogP contribution >= 0.6 is 0 Å². The molecule has 2 aromatic rings. The highest BCUT2D eigenvalue weighted by Gasteiger charge is 2.30. The van der Waals surface area contributed by atoms with Crippen LogP contribution < -0.4 is 0 Å². The summed E-state index contributed by atoms with van der Waals surface area (Å²) in [6, 6.07) is 19.7. The smallest absolute Gasteiger partial charge is 0.105 e. The fourth-order valence-electron chi connectivity index (χ4n) is 3.76. The molecule has 0 aliphatic carbocycles. The summed E-state index contributed by atoms with van der Waals surface area (Å²) in [4.78, 5) is 0. The van der Waals surface area contributed by atoms with E-state index in [9.17, 15) is 0 Å². The van der Waals surface area contributed by atoms with Gasteiger partial charge in [-0.05, 0) is 24.8 Å². The maximum atomic E-state index is 3.98. The molecule has 1 saturated heterocycles. The lowest BCUT2D eigenvalue weighted by atomic mass is 10.0. The van der Waals surface area contributed by atoms with Crippen LogP contribution in [0.4, 0.5) is 0 Å². The molecule has 1 aliphatic heterocycles. The molecule has 1 nitrogen and oxygen atoms in total. The molecule has 0 aromatic heterocycles. The molecule has 1 heteroatoms. The molecule has 0 unspecified atom stereocenters. The van der Waals surface area contributed by atoms with Crippen molar-refractivity contribution in [3.8, 4) is 0 Å². The van der Waals surface area contributed by atoms with Gasteiger partial charge < -0.3 is 4.48 Å². The fourth-order valence-corrected chi connectivity index (χ4v) is 3.76.